The van der Waals surface area contributed by atoms with E-state index >= 15 is 0 Å². The van der Waals surface area contributed by atoms with Gasteiger partial charge in [0.2, 0.25) is 5.91 Å². The zero-order chi connectivity index (χ0) is 13.8. The second-order valence-electron chi connectivity index (χ2n) is 4.95. The molecule has 2 N–H and O–H groups in total. The van der Waals surface area contributed by atoms with Crippen molar-refractivity contribution in [2.45, 2.75) is 49.8 Å². The summed E-state index contributed by atoms with van der Waals surface area (Å²) in [5, 5.41) is 12.4. The second-order valence-corrected chi connectivity index (χ2v) is 6.34. The number of rotatable bonds is 5. The third-order valence-corrected chi connectivity index (χ3v) is 4.05. The van der Waals surface area contributed by atoms with E-state index in [-0.39, 0.29) is 22.4 Å². The summed E-state index contributed by atoms with van der Waals surface area (Å²) in [6, 6.07) is 7.06. The van der Waals surface area contributed by atoms with Crippen molar-refractivity contribution in [2.24, 2.45) is 0 Å². The van der Waals surface area contributed by atoms with Gasteiger partial charge in [0.1, 0.15) is 5.75 Å². The molecule has 1 amide bonds. The Morgan fingerprint density at radius 1 is 1.44 bits per heavy atom. The number of hydrogen-bond donors (Lipinski definition) is 2. The van der Waals surface area contributed by atoms with E-state index in [9.17, 15) is 9.90 Å². The molecule has 1 atom stereocenters. The SMILES string of the molecule is CCC(C)(C)NC(=O)C(C)Sc1ccccc1O. The molecule has 0 fully saturated rings. The van der Waals surface area contributed by atoms with E-state index in [2.05, 4.69) is 5.32 Å². The van der Waals surface area contributed by atoms with E-state index in [0.717, 1.165) is 11.3 Å². The Balaban J connectivity index is 2.63. The quantitative estimate of drug-likeness (QED) is 0.806. The molecule has 0 saturated heterocycles. The molecule has 18 heavy (non-hydrogen) atoms. The molecule has 4 heteroatoms. The molecule has 0 aliphatic heterocycles. The highest BCUT2D eigenvalue weighted by molar-refractivity contribution is 8.00. The Labute approximate surface area is 113 Å². The van der Waals surface area contributed by atoms with Crippen LogP contribution in [0.2, 0.25) is 0 Å². The van der Waals surface area contributed by atoms with E-state index in [0.29, 0.717) is 0 Å². The van der Waals surface area contributed by atoms with Crippen LogP contribution in [0, 0.1) is 0 Å². The summed E-state index contributed by atoms with van der Waals surface area (Å²) in [7, 11) is 0. The fourth-order valence-corrected chi connectivity index (χ4v) is 2.22. The largest absolute Gasteiger partial charge is 0.507 e. The van der Waals surface area contributed by atoms with Gasteiger partial charge in [-0.05, 0) is 39.3 Å². The number of benzene rings is 1. The molecule has 0 spiro atoms. The maximum atomic E-state index is 12.0. The molecule has 0 radical (unpaired) electrons. The van der Waals surface area contributed by atoms with Crippen LogP contribution in [0.1, 0.15) is 34.1 Å². The van der Waals surface area contributed by atoms with Crippen molar-refractivity contribution in [3.05, 3.63) is 24.3 Å². The van der Waals surface area contributed by atoms with Crippen molar-refractivity contribution in [2.75, 3.05) is 0 Å². The summed E-state index contributed by atoms with van der Waals surface area (Å²) in [6.07, 6.45) is 0.882. The fraction of sp³-hybridized carbons (Fsp3) is 0.500. The smallest absolute Gasteiger partial charge is 0.233 e. The van der Waals surface area contributed by atoms with Crippen molar-refractivity contribution in [1.82, 2.24) is 5.32 Å². The minimum absolute atomic E-state index is 0.00453. The van der Waals surface area contributed by atoms with Crippen LogP contribution >= 0.6 is 11.8 Å². The van der Waals surface area contributed by atoms with E-state index in [1.54, 1.807) is 12.1 Å². The summed E-state index contributed by atoms with van der Waals surface area (Å²) in [5.74, 6) is 0.215. The average molecular weight is 267 g/mol. The highest BCUT2D eigenvalue weighted by Crippen LogP contribution is 2.31. The van der Waals surface area contributed by atoms with Gasteiger partial charge in [-0.3, -0.25) is 4.79 Å². The Morgan fingerprint density at radius 2 is 2.06 bits per heavy atom. The Kier molecular flexibility index (Phi) is 5.08. The fourth-order valence-electron chi connectivity index (χ4n) is 1.32. The van der Waals surface area contributed by atoms with Crippen molar-refractivity contribution >= 4 is 17.7 Å². The van der Waals surface area contributed by atoms with E-state index < -0.39 is 0 Å². The van der Waals surface area contributed by atoms with Gasteiger partial charge in [0.15, 0.2) is 0 Å². The predicted molar refractivity (Wildman–Crippen MR) is 75.9 cm³/mol. The number of phenols is 1. The van der Waals surface area contributed by atoms with Gasteiger partial charge in [-0.25, -0.2) is 0 Å². The summed E-state index contributed by atoms with van der Waals surface area (Å²) >= 11 is 1.37. The molecule has 3 nitrogen and oxygen atoms in total. The number of aromatic hydroxyl groups is 1. The maximum absolute atomic E-state index is 12.0. The lowest BCUT2D eigenvalue weighted by Crippen LogP contribution is -2.46. The van der Waals surface area contributed by atoms with Gasteiger partial charge in [0, 0.05) is 10.4 Å². The second kappa shape index (κ2) is 6.14. The van der Waals surface area contributed by atoms with Crippen LogP contribution in [-0.2, 0) is 4.79 Å². The molecule has 0 aliphatic carbocycles. The van der Waals surface area contributed by atoms with Crippen molar-refractivity contribution in [3.8, 4) is 5.75 Å². The molecular formula is C14H21NO2S. The normalized spacial score (nSPS) is 13.1. The molecule has 0 saturated carbocycles. The minimum Gasteiger partial charge on any atom is -0.507 e. The molecule has 0 aromatic heterocycles. The van der Waals surface area contributed by atoms with Gasteiger partial charge in [-0.2, -0.15) is 0 Å². The highest BCUT2D eigenvalue weighted by Gasteiger charge is 2.22. The molecule has 100 valence electrons. The summed E-state index contributed by atoms with van der Waals surface area (Å²) in [4.78, 5) is 12.8. The van der Waals surface area contributed by atoms with Crippen LogP contribution in [0.4, 0.5) is 0 Å². The zero-order valence-corrected chi connectivity index (χ0v) is 12.2. The van der Waals surface area contributed by atoms with Gasteiger partial charge in [-0.1, -0.05) is 19.1 Å². The van der Waals surface area contributed by atoms with Crippen LogP contribution < -0.4 is 5.32 Å². The molecule has 1 rings (SSSR count). The number of carbonyl (C=O) groups excluding carboxylic acids is 1. The standard InChI is InChI=1S/C14H21NO2S/c1-5-14(3,4)15-13(17)10(2)18-12-9-7-6-8-11(12)16/h6-10,16H,5H2,1-4H3,(H,15,17). The first kappa shape index (κ1) is 14.9. The van der Waals surface area contributed by atoms with Gasteiger partial charge in [0.05, 0.1) is 5.25 Å². The van der Waals surface area contributed by atoms with Crippen LogP contribution in [0.5, 0.6) is 5.75 Å². The topological polar surface area (TPSA) is 49.3 Å². The average Bonchev–Trinajstić information content (AvgIpc) is 2.31. The Hall–Kier alpha value is -1.16. The first-order valence-corrected chi connectivity index (χ1v) is 7.00. The summed E-state index contributed by atoms with van der Waals surface area (Å²) in [5.41, 5.74) is -0.190. The zero-order valence-electron chi connectivity index (χ0n) is 11.4. The van der Waals surface area contributed by atoms with Crippen LogP contribution in [-0.4, -0.2) is 21.8 Å². The van der Waals surface area contributed by atoms with Gasteiger partial charge in [-0.15, -0.1) is 11.8 Å². The third-order valence-electron chi connectivity index (χ3n) is 2.88. The first-order chi connectivity index (χ1) is 8.35. The monoisotopic (exact) mass is 267 g/mol. The number of phenolic OH excluding ortho intramolecular Hbond substituents is 1. The molecule has 0 heterocycles. The molecule has 0 bridgehead atoms. The van der Waals surface area contributed by atoms with E-state index in [1.165, 1.54) is 11.8 Å². The van der Waals surface area contributed by atoms with Crippen LogP contribution in [0.25, 0.3) is 0 Å². The van der Waals surface area contributed by atoms with Gasteiger partial charge >= 0.3 is 0 Å². The Morgan fingerprint density at radius 3 is 2.61 bits per heavy atom. The van der Waals surface area contributed by atoms with E-state index in [4.69, 9.17) is 0 Å². The van der Waals surface area contributed by atoms with Crippen LogP contribution in [0.15, 0.2) is 29.2 Å². The predicted octanol–water partition coefficient (Wildman–Crippen LogP) is 3.18. The Bertz CT molecular complexity index is 418. The highest BCUT2D eigenvalue weighted by atomic mass is 32.2. The van der Waals surface area contributed by atoms with E-state index in [1.807, 2.05) is 39.8 Å². The minimum atomic E-state index is -0.232. The lowest BCUT2D eigenvalue weighted by Gasteiger charge is -2.26. The number of carbonyl (C=O) groups is 1. The number of hydrogen-bond acceptors (Lipinski definition) is 3. The lowest BCUT2D eigenvalue weighted by atomic mass is 10.0. The molecular weight excluding hydrogens is 246 g/mol. The van der Waals surface area contributed by atoms with Crippen LogP contribution in [0.3, 0.4) is 0 Å². The van der Waals surface area contributed by atoms with Crippen molar-refractivity contribution in [1.29, 1.82) is 0 Å². The number of nitrogens with one attached hydrogen (secondary N) is 1. The number of thioether (sulfide) groups is 1. The summed E-state index contributed by atoms with van der Waals surface area (Å²) < 4.78 is 0. The van der Waals surface area contributed by atoms with Crippen molar-refractivity contribution in [3.63, 3.8) is 0 Å². The first-order valence-electron chi connectivity index (χ1n) is 6.12. The molecule has 1 aromatic carbocycles. The van der Waals surface area contributed by atoms with Gasteiger partial charge in [0.25, 0.3) is 0 Å². The number of para-hydroxylation sites is 1. The lowest BCUT2D eigenvalue weighted by molar-refractivity contribution is -0.121. The molecule has 1 aromatic rings. The van der Waals surface area contributed by atoms with Crippen molar-refractivity contribution < 1.29 is 9.90 Å². The third kappa shape index (κ3) is 4.26. The number of amides is 1. The molecule has 0 aliphatic rings. The molecule has 1 unspecified atom stereocenters. The summed E-state index contributed by atoms with van der Waals surface area (Å²) in [6.45, 7) is 7.89. The van der Waals surface area contributed by atoms with Gasteiger partial charge < -0.3 is 10.4 Å². The maximum Gasteiger partial charge on any atom is 0.233 e.